The van der Waals surface area contributed by atoms with Crippen LogP contribution in [0.15, 0.2) is 0 Å². The normalized spacial score (nSPS) is 24.7. The smallest absolute Gasteiger partial charge is 0.308 e. The van der Waals surface area contributed by atoms with Crippen molar-refractivity contribution >= 4 is 5.97 Å². The number of carbonyl (C=O) groups excluding carboxylic acids is 1. The third-order valence-electron chi connectivity index (χ3n) is 4.65. The summed E-state index contributed by atoms with van der Waals surface area (Å²) in [5, 5.41) is 0. The van der Waals surface area contributed by atoms with E-state index < -0.39 is 0 Å². The van der Waals surface area contributed by atoms with E-state index in [9.17, 15) is 4.79 Å². The van der Waals surface area contributed by atoms with Gasteiger partial charge in [-0.05, 0) is 38.0 Å². The summed E-state index contributed by atoms with van der Waals surface area (Å²) < 4.78 is 5.66. The van der Waals surface area contributed by atoms with Gasteiger partial charge in [0, 0.05) is 0 Å². The minimum absolute atomic E-state index is 0.0625. The molecule has 2 nitrogen and oxygen atoms in total. The third kappa shape index (κ3) is 4.29. The minimum atomic E-state index is 0.0625. The molecule has 2 fully saturated rings. The van der Waals surface area contributed by atoms with Crippen LogP contribution >= 0.6 is 0 Å². The van der Waals surface area contributed by atoms with Crippen LogP contribution in [-0.2, 0) is 9.53 Å². The van der Waals surface area contributed by atoms with Crippen molar-refractivity contribution in [1.29, 1.82) is 0 Å². The number of rotatable bonds is 4. The number of hydrogen-bond donors (Lipinski definition) is 0. The molecule has 2 rings (SSSR count). The Kier molecular flexibility index (Phi) is 5.52. The highest BCUT2D eigenvalue weighted by atomic mass is 16.5. The Morgan fingerprint density at radius 1 is 1.00 bits per heavy atom. The van der Waals surface area contributed by atoms with Gasteiger partial charge in [0.1, 0.15) is 6.10 Å². The lowest BCUT2D eigenvalue weighted by Crippen LogP contribution is -2.26. The zero-order valence-corrected chi connectivity index (χ0v) is 11.8. The molecule has 0 radical (unpaired) electrons. The van der Waals surface area contributed by atoms with Gasteiger partial charge in [0.25, 0.3) is 0 Å². The summed E-state index contributed by atoms with van der Waals surface area (Å²) in [5.74, 6) is 0.940. The molecule has 0 amide bonds. The SMILES string of the molecule is CC(CC1CCCCC1)C(=O)OC1CCCCC1. The molecule has 1 unspecified atom stereocenters. The Bertz CT molecular complexity index is 250. The summed E-state index contributed by atoms with van der Waals surface area (Å²) in [6.45, 7) is 2.06. The molecule has 0 aliphatic heterocycles. The summed E-state index contributed by atoms with van der Waals surface area (Å²) in [5.41, 5.74) is 0. The minimum Gasteiger partial charge on any atom is -0.462 e. The second-order valence-electron chi connectivity index (χ2n) is 6.34. The van der Waals surface area contributed by atoms with Crippen LogP contribution in [0, 0.1) is 11.8 Å². The Morgan fingerprint density at radius 2 is 1.56 bits per heavy atom. The molecule has 0 aromatic carbocycles. The number of carbonyl (C=O) groups is 1. The van der Waals surface area contributed by atoms with Gasteiger partial charge in [-0.1, -0.05) is 45.4 Å². The van der Waals surface area contributed by atoms with Gasteiger partial charge in [0.05, 0.1) is 5.92 Å². The molecule has 104 valence electrons. The largest absolute Gasteiger partial charge is 0.462 e. The second kappa shape index (κ2) is 7.16. The molecule has 2 saturated carbocycles. The average molecular weight is 252 g/mol. The fraction of sp³-hybridized carbons (Fsp3) is 0.938. The monoisotopic (exact) mass is 252 g/mol. The Hall–Kier alpha value is -0.530. The van der Waals surface area contributed by atoms with Crippen molar-refractivity contribution in [2.75, 3.05) is 0 Å². The van der Waals surface area contributed by atoms with Crippen LogP contribution in [0.3, 0.4) is 0 Å². The predicted molar refractivity (Wildman–Crippen MR) is 73.3 cm³/mol. The lowest BCUT2D eigenvalue weighted by Gasteiger charge is -2.26. The molecule has 1 atom stereocenters. The summed E-state index contributed by atoms with van der Waals surface area (Å²) in [7, 11) is 0. The molecule has 0 aromatic rings. The zero-order valence-electron chi connectivity index (χ0n) is 11.8. The van der Waals surface area contributed by atoms with Crippen molar-refractivity contribution in [3.8, 4) is 0 Å². The van der Waals surface area contributed by atoms with Crippen LogP contribution in [0.1, 0.15) is 77.6 Å². The standard InChI is InChI=1S/C16H28O2/c1-13(12-14-8-4-2-5-9-14)16(17)18-15-10-6-3-7-11-15/h13-15H,2-12H2,1H3. The first-order valence-electron chi connectivity index (χ1n) is 7.96. The van der Waals surface area contributed by atoms with Gasteiger partial charge < -0.3 is 4.74 Å². The van der Waals surface area contributed by atoms with Crippen molar-refractivity contribution in [3.63, 3.8) is 0 Å². The fourth-order valence-corrected chi connectivity index (χ4v) is 3.48. The van der Waals surface area contributed by atoms with Crippen LogP contribution in [0.25, 0.3) is 0 Å². The number of esters is 1. The van der Waals surface area contributed by atoms with Crippen LogP contribution in [0.2, 0.25) is 0 Å². The van der Waals surface area contributed by atoms with Gasteiger partial charge in [0.15, 0.2) is 0 Å². The molecule has 0 spiro atoms. The van der Waals surface area contributed by atoms with Gasteiger partial charge in [-0.2, -0.15) is 0 Å². The van der Waals surface area contributed by atoms with Crippen molar-refractivity contribution < 1.29 is 9.53 Å². The highest BCUT2D eigenvalue weighted by Gasteiger charge is 2.24. The van der Waals surface area contributed by atoms with Crippen LogP contribution in [-0.4, -0.2) is 12.1 Å². The van der Waals surface area contributed by atoms with E-state index in [4.69, 9.17) is 4.74 Å². The molecule has 18 heavy (non-hydrogen) atoms. The lowest BCUT2D eigenvalue weighted by atomic mass is 9.83. The molecule has 2 aliphatic carbocycles. The first-order valence-corrected chi connectivity index (χ1v) is 7.96. The highest BCUT2D eigenvalue weighted by Crippen LogP contribution is 2.30. The van der Waals surface area contributed by atoms with Gasteiger partial charge in [-0.15, -0.1) is 0 Å². The van der Waals surface area contributed by atoms with E-state index in [0.29, 0.717) is 0 Å². The molecule has 0 saturated heterocycles. The lowest BCUT2D eigenvalue weighted by molar-refractivity contribution is -0.155. The van der Waals surface area contributed by atoms with E-state index in [2.05, 4.69) is 6.92 Å². The summed E-state index contributed by atoms with van der Waals surface area (Å²) >= 11 is 0. The van der Waals surface area contributed by atoms with Crippen LogP contribution < -0.4 is 0 Å². The van der Waals surface area contributed by atoms with Gasteiger partial charge >= 0.3 is 5.97 Å². The molecular weight excluding hydrogens is 224 g/mol. The van der Waals surface area contributed by atoms with Crippen molar-refractivity contribution in [2.45, 2.75) is 83.7 Å². The topological polar surface area (TPSA) is 26.3 Å². The van der Waals surface area contributed by atoms with E-state index in [1.807, 2.05) is 0 Å². The predicted octanol–water partition coefficient (Wildman–Crippen LogP) is 4.47. The quantitative estimate of drug-likeness (QED) is 0.690. The van der Waals surface area contributed by atoms with E-state index in [-0.39, 0.29) is 18.0 Å². The number of hydrogen-bond acceptors (Lipinski definition) is 2. The van der Waals surface area contributed by atoms with Crippen molar-refractivity contribution in [2.24, 2.45) is 11.8 Å². The highest BCUT2D eigenvalue weighted by molar-refractivity contribution is 5.72. The maximum Gasteiger partial charge on any atom is 0.308 e. The molecule has 0 N–H and O–H groups in total. The molecule has 0 heterocycles. The van der Waals surface area contributed by atoms with Gasteiger partial charge in [-0.3, -0.25) is 4.79 Å². The molecule has 2 heteroatoms. The first-order chi connectivity index (χ1) is 8.75. The maximum absolute atomic E-state index is 12.1. The van der Waals surface area contributed by atoms with E-state index in [0.717, 1.165) is 25.2 Å². The average Bonchev–Trinajstić information content (AvgIpc) is 2.41. The molecular formula is C16H28O2. The fourth-order valence-electron chi connectivity index (χ4n) is 3.48. The van der Waals surface area contributed by atoms with Crippen LogP contribution in [0.5, 0.6) is 0 Å². The molecule has 0 aromatic heterocycles. The van der Waals surface area contributed by atoms with Gasteiger partial charge in [-0.25, -0.2) is 0 Å². The van der Waals surface area contributed by atoms with E-state index in [1.54, 1.807) is 0 Å². The van der Waals surface area contributed by atoms with Crippen molar-refractivity contribution in [3.05, 3.63) is 0 Å². The van der Waals surface area contributed by atoms with Crippen LogP contribution in [0.4, 0.5) is 0 Å². The van der Waals surface area contributed by atoms with Crippen molar-refractivity contribution in [1.82, 2.24) is 0 Å². The van der Waals surface area contributed by atoms with E-state index >= 15 is 0 Å². The van der Waals surface area contributed by atoms with Gasteiger partial charge in [0.2, 0.25) is 0 Å². The second-order valence-corrected chi connectivity index (χ2v) is 6.34. The Labute approximate surface area is 111 Å². The summed E-state index contributed by atoms with van der Waals surface area (Å²) in [4.78, 5) is 12.1. The summed E-state index contributed by atoms with van der Waals surface area (Å²) in [6, 6.07) is 0. The number of ether oxygens (including phenoxy) is 1. The zero-order chi connectivity index (χ0) is 12.8. The maximum atomic E-state index is 12.1. The third-order valence-corrected chi connectivity index (χ3v) is 4.65. The first kappa shape index (κ1) is 13.9. The van der Waals surface area contributed by atoms with E-state index in [1.165, 1.54) is 51.4 Å². The Morgan fingerprint density at radius 3 is 2.17 bits per heavy atom. The summed E-state index contributed by atoms with van der Waals surface area (Å²) in [6.07, 6.45) is 14.0. The molecule has 2 aliphatic rings. The Balaban J connectivity index is 1.69. The molecule has 0 bridgehead atoms.